The molecule has 4 aromatic rings. The second-order valence-corrected chi connectivity index (χ2v) is 8.53. The van der Waals surface area contributed by atoms with Gasteiger partial charge in [0, 0.05) is 23.3 Å². The van der Waals surface area contributed by atoms with E-state index in [0.29, 0.717) is 24.8 Å². The van der Waals surface area contributed by atoms with Crippen LogP contribution in [0.15, 0.2) is 83.8 Å². The number of ether oxygens (including phenoxy) is 2. The maximum absolute atomic E-state index is 12.4. The first-order valence-corrected chi connectivity index (χ1v) is 11.9. The third-order valence-corrected chi connectivity index (χ3v) is 6.01. The normalized spacial score (nSPS) is 10.8. The third kappa shape index (κ3) is 6.03. The number of anilines is 1. The standard InChI is InChI=1S/C26H26N4O3S/c1-19-8-6-7-11-23(19)25-28-26(33-17-16-32-2)29-30(25)21-14-12-20(13-15-21)27-24(31)18-34-22-9-4-3-5-10-22/h3-15H,16-18H2,1-2H3,(H,27,31). The van der Waals surface area contributed by atoms with Crippen molar-refractivity contribution in [1.29, 1.82) is 0 Å². The van der Waals surface area contributed by atoms with Crippen LogP contribution in [-0.2, 0) is 9.53 Å². The number of nitrogens with one attached hydrogen (secondary N) is 1. The summed E-state index contributed by atoms with van der Waals surface area (Å²) in [5, 5.41) is 7.50. The molecule has 34 heavy (non-hydrogen) atoms. The highest BCUT2D eigenvalue weighted by Crippen LogP contribution is 2.27. The van der Waals surface area contributed by atoms with E-state index in [9.17, 15) is 4.79 Å². The van der Waals surface area contributed by atoms with Gasteiger partial charge in [-0.2, -0.15) is 4.98 Å². The van der Waals surface area contributed by atoms with Crippen molar-refractivity contribution in [3.8, 4) is 23.1 Å². The number of thioether (sulfide) groups is 1. The number of nitrogens with zero attached hydrogens (tertiary/aromatic N) is 3. The van der Waals surface area contributed by atoms with Crippen LogP contribution in [0, 0.1) is 6.92 Å². The number of carbonyl (C=O) groups excluding carboxylic acids is 1. The van der Waals surface area contributed by atoms with Gasteiger partial charge in [-0.25, -0.2) is 4.68 Å². The van der Waals surface area contributed by atoms with E-state index in [1.807, 2.05) is 85.8 Å². The number of amides is 1. The number of benzene rings is 3. The van der Waals surface area contributed by atoms with Crippen molar-refractivity contribution in [3.63, 3.8) is 0 Å². The highest BCUT2D eigenvalue weighted by atomic mass is 32.2. The van der Waals surface area contributed by atoms with Gasteiger partial charge in [0.05, 0.1) is 18.0 Å². The third-order valence-electron chi connectivity index (χ3n) is 5.00. The average molecular weight is 475 g/mol. The number of carbonyl (C=O) groups is 1. The van der Waals surface area contributed by atoms with E-state index in [0.717, 1.165) is 27.4 Å². The van der Waals surface area contributed by atoms with Crippen LogP contribution in [0.25, 0.3) is 17.1 Å². The summed E-state index contributed by atoms with van der Waals surface area (Å²) in [7, 11) is 1.62. The molecule has 174 valence electrons. The fourth-order valence-corrected chi connectivity index (χ4v) is 4.02. The van der Waals surface area contributed by atoms with E-state index in [-0.39, 0.29) is 11.9 Å². The minimum absolute atomic E-state index is 0.0585. The Balaban J connectivity index is 1.50. The molecule has 7 nitrogen and oxygen atoms in total. The van der Waals surface area contributed by atoms with Crippen molar-refractivity contribution in [2.75, 3.05) is 31.4 Å². The quantitative estimate of drug-likeness (QED) is 0.257. The van der Waals surface area contributed by atoms with Crippen molar-refractivity contribution >= 4 is 23.4 Å². The van der Waals surface area contributed by atoms with Crippen LogP contribution < -0.4 is 10.1 Å². The first-order valence-electron chi connectivity index (χ1n) is 10.9. The van der Waals surface area contributed by atoms with Crippen LogP contribution >= 0.6 is 11.8 Å². The fraction of sp³-hybridized carbons (Fsp3) is 0.192. The molecule has 0 saturated carbocycles. The van der Waals surface area contributed by atoms with E-state index in [1.54, 1.807) is 11.8 Å². The lowest BCUT2D eigenvalue weighted by molar-refractivity contribution is -0.113. The number of hydrogen-bond acceptors (Lipinski definition) is 6. The van der Waals surface area contributed by atoms with Gasteiger partial charge in [0.1, 0.15) is 6.61 Å². The molecule has 0 fully saturated rings. The van der Waals surface area contributed by atoms with Crippen LogP contribution in [0.4, 0.5) is 5.69 Å². The zero-order valence-corrected chi connectivity index (χ0v) is 19.9. The first kappa shape index (κ1) is 23.5. The molecule has 0 saturated heterocycles. The lowest BCUT2D eigenvalue weighted by Gasteiger charge is -2.09. The number of aryl methyl sites for hydroxylation is 1. The van der Waals surface area contributed by atoms with Gasteiger partial charge in [0.2, 0.25) is 5.91 Å². The lowest BCUT2D eigenvalue weighted by atomic mass is 10.1. The minimum atomic E-state index is -0.0585. The summed E-state index contributed by atoms with van der Waals surface area (Å²) in [6.07, 6.45) is 0. The van der Waals surface area contributed by atoms with E-state index < -0.39 is 0 Å². The van der Waals surface area contributed by atoms with E-state index in [1.165, 1.54) is 11.8 Å². The Labute approximate surface area is 203 Å². The number of aromatic nitrogens is 3. The van der Waals surface area contributed by atoms with Gasteiger partial charge in [0.25, 0.3) is 0 Å². The summed E-state index contributed by atoms with van der Waals surface area (Å²) >= 11 is 1.50. The SMILES string of the molecule is COCCOc1nc(-c2ccccc2C)n(-c2ccc(NC(=O)CSc3ccccc3)cc2)n1. The molecule has 0 unspecified atom stereocenters. The zero-order chi connectivity index (χ0) is 23.8. The van der Waals surface area contributed by atoms with Crippen LogP contribution in [0.1, 0.15) is 5.56 Å². The van der Waals surface area contributed by atoms with Gasteiger partial charge in [-0.15, -0.1) is 16.9 Å². The summed E-state index contributed by atoms with van der Waals surface area (Å²) in [4.78, 5) is 18.0. The molecule has 0 atom stereocenters. The fourth-order valence-electron chi connectivity index (χ4n) is 3.30. The van der Waals surface area contributed by atoms with Crippen molar-refractivity contribution < 1.29 is 14.3 Å². The maximum Gasteiger partial charge on any atom is 0.336 e. The highest BCUT2D eigenvalue weighted by Gasteiger charge is 2.16. The maximum atomic E-state index is 12.4. The Hall–Kier alpha value is -3.62. The highest BCUT2D eigenvalue weighted by molar-refractivity contribution is 8.00. The van der Waals surface area contributed by atoms with Gasteiger partial charge in [-0.05, 0) is 48.9 Å². The van der Waals surface area contributed by atoms with E-state index in [2.05, 4.69) is 15.4 Å². The predicted octanol–water partition coefficient (Wildman–Crippen LogP) is 5.00. The molecule has 0 aliphatic carbocycles. The molecule has 0 aliphatic heterocycles. The van der Waals surface area contributed by atoms with Crippen LogP contribution in [0.5, 0.6) is 6.01 Å². The molecule has 1 amide bonds. The van der Waals surface area contributed by atoms with Crippen molar-refractivity contribution in [3.05, 3.63) is 84.4 Å². The summed E-state index contributed by atoms with van der Waals surface area (Å²) in [5.41, 5.74) is 3.58. The number of methoxy groups -OCH3 is 1. The van der Waals surface area contributed by atoms with Crippen LogP contribution in [0.2, 0.25) is 0 Å². The Bertz CT molecular complexity index is 1230. The molecule has 8 heteroatoms. The first-order chi connectivity index (χ1) is 16.6. The molecule has 0 spiro atoms. The van der Waals surface area contributed by atoms with Gasteiger partial charge < -0.3 is 14.8 Å². The lowest BCUT2D eigenvalue weighted by Crippen LogP contribution is -2.14. The largest absolute Gasteiger partial charge is 0.460 e. The number of rotatable bonds is 10. The second-order valence-electron chi connectivity index (χ2n) is 7.48. The molecule has 0 radical (unpaired) electrons. The van der Waals surface area contributed by atoms with Crippen molar-refractivity contribution in [1.82, 2.24) is 14.8 Å². The molecular weight excluding hydrogens is 448 g/mol. The summed E-state index contributed by atoms with van der Waals surface area (Å²) in [5.74, 6) is 0.965. The second kappa shape index (κ2) is 11.5. The van der Waals surface area contributed by atoms with Crippen LogP contribution in [-0.4, -0.2) is 46.7 Å². The molecule has 4 rings (SSSR count). The Morgan fingerprint density at radius 2 is 1.71 bits per heavy atom. The van der Waals surface area contributed by atoms with Crippen molar-refractivity contribution in [2.24, 2.45) is 0 Å². The average Bonchev–Trinajstić information content (AvgIpc) is 3.28. The topological polar surface area (TPSA) is 78.3 Å². The Kier molecular flexibility index (Phi) is 7.95. The summed E-state index contributed by atoms with van der Waals surface area (Å²) in [6, 6.07) is 25.7. The van der Waals surface area contributed by atoms with Gasteiger partial charge in [-0.1, -0.05) is 42.5 Å². The molecule has 1 heterocycles. The molecule has 3 aromatic carbocycles. The van der Waals surface area contributed by atoms with Gasteiger partial charge in [0.15, 0.2) is 5.82 Å². The summed E-state index contributed by atoms with van der Waals surface area (Å²) in [6.45, 7) is 2.84. The smallest absolute Gasteiger partial charge is 0.336 e. The van der Waals surface area contributed by atoms with Crippen LogP contribution in [0.3, 0.4) is 0 Å². The molecule has 0 aliphatic rings. The van der Waals surface area contributed by atoms with E-state index >= 15 is 0 Å². The molecule has 1 aromatic heterocycles. The number of hydrogen-bond donors (Lipinski definition) is 1. The minimum Gasteiger partial charge on any atom is -0.460 e. The Morgan fingerprint density at radius 1 is 0.971 bits per heavy atom. The monoisotopic (exact) mass is 474 g/mol. The summed E-state index contributed by atoms with van der Waals surface area (Å²) < 4.78 is 12.5. The molecule has 0 bridgehead atoms. The molecular formula is C26H26N4O3S. The van der Waals surface area contributed by atoms with Gasteiger partial charge in [-0.3, -0.25) is 4.79 Å². The van der Waals surface area contributed by atoms with Gasteiger partial charge >= 0.3 is 6.01 Å². The Morgan fingerprint density at radius 3 is 2.44 bits per heavy atom. The zero-order valence-electron chi connectivity index (χ0n) is 19.1. The van der Waals surface area contributed by atoms with E-state index in [4.69, 9.17) is 9.47 Å². The predicted molar refractivity (Wildman–Crippen MR) is 135 cm³/mol. The van der Waals surface area contributed by atoms with Crippen molar-refractivity contribution in [2.45, 2.75) is 11.8 Å². The molecule has 1 N–H and O–H groups in total.